The number of nitrogens with zero attached hydrogens (tertiary/aromatic N) is 3. The van der Waals surface area contributed by atoms with Gasteiger partial charge in [-0.1, -0.05) is 51.4 Å². The van der Waals surface area contributed by atoms with Crippen LogP contribution in [0.4, 0.5) is 13.2 Å². The van der Waals surface area contributed by atoms with Crippen molar-refractivity contribution < 1.29 is 27.8 Å². The van der Waals surface area contributed by atoms with E-state index in [0.29, 0.717) is 50.9 Å². The van der Waals surface area contributed by atoms with Gasteiger partial charge >= 0.3 is 6.18 Å². The summed E-state index contributed by atoms with van der Waals surface area (Å²) < 4.78 is 49.7. The van der Waals surface area contributed by atoms with Crippen LogP contribution in [-0.4, -0.2) is 75.7 Å². The monoisotopic (exact) mass is 660 g/mol. The van der Waals surface area contributed by atoms with Crippen molar-refractivity contribution in [3.05, 3.63) is 41.6 Å². The average molecular weight is 661 g/mol. The molecule has 1 aromatic carbocycles. The van der Waals surface area contributed by atoms with Gasteiger partial charge in [0.15, 0.2) is 0 Å². The molecule has 11 heteroatoms. The molecule has 4 aliphatic rings. The second-order valence-corrected chi connectivity index (χ2v) is 13.5. The van der Waals surface area contributed by atoms with Gasteiger partial charge in [-0.05, 0) is 68.7 Å². The van der Waals surface area contributed by atoms with E-state index >= 15 is 0 Å². The van der Waals surface area contributed by atoms with Gasteiger partial charge in [0.1, 0.15) is 6.23 Å². The predicted octanol–water partition coefficient (Wildman–Crippen LogP) is 4.57. The molecule has 3 aliphatic heterocycles. The zero-order chi connectivity index (χ0) is 27.6. The first kappa shape index (κ1) is 28.7. The van der Waals surface area contributed by atoms with Crippen molar-refractivity contribution in [1.82, 2.24) is 9.80 Å². The number of primary amides is 1. The second kappa shape index (κ2) is 12.0. The van der Waals surface area contributed by atoms with E-state index in [1.165, 1.54) is 0 Å². The molecule has 3 heterocycles. The van der Waals surface area contributed by atoms with E-state index in [-0.39, 0.29) is 19.4 Å². The largest absolute Gasteiger partial charge is 0.477 e. The number of aliphatic imine (C=N–C) groups is 1. The molecule has 0 bridgehead atoms. The number of carbonyl (C=O) groups excluding carboxylic acids is 1. The van der Waals surface area contributed by atoms with Crippen LogP contribution in [0.1, 0.15) is 62.3 Å². The quantitative estimate of drug-likeness (QED) is 0.399. The Labute approximate surface area is 237 Å². The van der Waals surface area contributed by atoms with Gasteiger partial charge in [0.05, 0.1) is 18.1 Å². The Kier molecular flexibility index (Phi) is 8.80. The zero-order valence-electron chi connectivity index (χ0n) is 21.9. The number of nitrogens with two attached hydrogens (primary N) is 1. The van der Waals surface area contributed by atoms with Crippen molar-refractivity contribution in [1.29, 1.82) is 0 Å². The molecule has 1 unspecified atom stereocenters. The normalized spacial score (nSPS) is 25.3. The number of ether oxygens (including phenoxy) is 1. The van der Waals surface area contributed by atoms with Crippen LogP contribution in [0, 0.1) is 11.3 Å². The van der Waals surface area contributed by atoms with E-state index < -0.39 is 50.5 Å². The summed E-state index contributed by atoms with van der Waals surface area (Å²) in [5.41, 5.74) is 5.77. The molecule has 5 rings (SSSR count). The summed E-state index contributed by atoms with van der Waals surface area (Å²) in [6.45, 7) is 2.68. The van der Waals surface area contributed by atoms with E-state index in [4.69, 9.17) is 10.5 Å². The summed E-state index contributed by atoms with van der Waals surface area (Å²) >= 11 is -0.451. The van der Waals surface area contributed by atoms with Gasteiger partial charge < -0.3 is 20.5 Å². The summed E-state index contributed by atoms with van der Waals surface area (Å²) in [7, 11) is 0. The Morgan fingerprint density at radius 3 is 2.44 bits per heavy atom. The minimum absolute atomic E-state index is 0.134. The van der Waals surface area contributed by atoms with Gasteiger partial charge in [-0.15, -0.1) is 0 Å². The molecule has 2 saturated heterocycles. The van der Waals surface area contributed by atoms with Gasteiger partial charge in [-0.25, -0.2) is 4.99 Å². The molecule has 1 aromatic rings. The Balaban J connectivity index is 1.09. The maximum absolute atomic E-state index is 13.5. The number of likely N-dealkylation sites (tertiary alicyclic amines) is 2. The van der Waals surface area contributed by atoms with E-state index in [1.54, 1.807) is 4.90 Å². The summed E-state index contributed by atoms with van der Waals surface area (Å²) in [4.78, 5) is 19.9. The Morgan fingerprint density at radius 1 is 1.15 bits per heavy atom. The minimum atomic E-state index is -4.11. The summed E-state index contributed by atoms with van der Waals surface area (Å²) in [5.74, 6) is 0.547. The topological polar surface area (TPSA) is 91.4 Å². The van der Waals surface area contributed by atoms with Crippen LogP contribution in [0.25, 0.3) is 3.58 Å². The standard InChI is InChI=1S/C28H36F3IN4O3/c29-28(30,31)27(10-2-11-27)18-35-13-8-19(9-14-35)17-39-24-15-32-22(16-34-24)20-4-6-21(7-5-20)26(38)36-12-1-3-23(36)25(33)37/h4-7,15-16,19,23,26,38H,1-3,8-14,17-18H2,(H2,33,37)/t23-,26?/m0/s1. The highest BCUT2D eigenvalue weighted by atomic mass is 127. The van der Waals surface area contributed by atoms with Gasteiger partial charge in [0.25, 0.3) is 0 Å². The van der Waals surface area contributed by atoms with Crippen LogP contribution >= 0.6 is 20.7 Å². The number of carbonyl (C=O) groups is 1. The lowest BCUT2D eigenvalue weighted by molar-refractivity contribution is -0.256. The van der Waals surface area contributed by atoms with Crippen molar-refractivity contribution in [3.63, 3.8) is 0 Å². The van der Waals surface area contributed by atoms with Crippen LogP contribution in [0.3, 0.4) is 0 Å². The lowest BCUT2D eigenvalue weighted by Crippen LogP contribution is -2.53. The van der Waals surface area contributed by atoms with Crippen molar-refractivity contribution in [2.24, 2.45) is 22.1 Å². The number of alkyl halides is 3. The molecule has 0 radical (unpaired) electrons. The molecule has 3 N–H and O–H groups in total. The molecular formula is C28H36F3IN4O3. The number of aliphatic hydroxyl groups is 1. The fraction of sp³-hybridized carbons (Fsp3) is 0.607. The van der Waals surface area contributed by atoms with Crippen LogP contribution in [0.2, 0.25) is 0 Å². The van der Waals surface area contributed by atoms with Crippen LogP contribution in [-0.2, 0) is 9.53 Å². The first-order chi connectivity index (χ1) is 18.6. The van der Waals surface area contributed by atoms with E-state index in [1.807, 2.05) is 35.4 Å². The van der Waals surface area contributed by atoms with Crippen molar-refractivity contribution >= 4 is 40.1 Å². The van der Waals surface area contributed by atoms with Gasteiger partial charge in [-0.2, -0.15) is 13.2 Å². The van der Waals surface area contributed by atoms with Crippen molar-refractivity contribution in [2.45, 2.75) is 63.4 Å². The number of piperidine rings is 1. The lowest BCUT2D eigenvalue weighted by Gasteiger charge is -2.47. The molecule has 2 atom stereocenters. The SMILES string of the molecule is NC(=O)[C@@H]1CCCN1C(O)c1ccc(C2=CN=C(OCC3CCN(CC4(C(F)(F)F)CCC4)CC3)C=I2)cc1. The third kappa shape index (κ3) is 6.41. The Morgan fingerprint density at radius 2 is 1.87 bits per heavy atom. The van der Waals surface area contributed by atoms with Crippen LogP contribution in [0.15, 0.2) is 35.5 Å². The van der Waals surface area contributed by atoms with Crippen molar-refractivity contribution in [3.8, 4) is 0 Å². The fourth-order valence-corrected chi connectivity index (χ4v) is 7.92. The third-order valence-corrected chi connectivity index (χ3v) is 11.0. The Hall–Kier alpha value is -1.83. The number of amides is 1. The summed E-state index contributed by atoms with van der Waals surface area (Å²) in [6.07, 6.45) is 1.24. The van der Waals surface area contributed by atoms with Gasteiger partial charge in [0, 0.05) is 26.9 Å². The molecule has 3 fully saturated rings. The number of rotatable bonds is 8. The molecule has 1 saturated carbocycles. The van der Waals surface area contributed by atoms with E-state index in [9.17, 15) is 23.1 Å². The number of aliphatic hydroxyl groups excluding tert-OH is 1. The molecule has 214 valence electrons. The number of hydrogen-bond donors (Lipinski definition) is 2. The highest BCUT2D eigenvalue weighted by Crippen LogP contribution is 2.53. The molecule has 39 heavy (non-hydrogen) atoms. The Bertz CT molecular complexity index is 1130. The predicted molar refractivity (Wildman–Crippen MR) is 153 cm³/mol. The van der Waals surface area contributed by atoms with E-state index in [0.717, 1.165) is 34.0 Å². The molecule has 0 aromatic heterocycles. The van der Waals surface area contributed by atoms with Gasteiger partial charge in [0.2, 0.25) is 11.8 Å². The molecule has 7 nitrogen and oxygen atoms in total. The molecular weight excluding hydrogens is 624 g/mol. The summed E-state index contributed by atoms with van der Waals surface area (Å²) in [6, 6.07) is 7.26. The number of benzene rings is 1. The first-order valence-electron chi connectivity index (χ1n) is 13.7. The highest BCUT2D eigenvalue weighted by molar-refractivity contribution is 14.2. The zero-order valence-corrected chi connectivity index (χ0v) is 24.0. The molecule has 0 spiro atoms. The maximum atomic E-state index is 13.5. The third-order valence-electron chi connectivity index (χ3n) is 8.60. The maximum Gasteiger partial charge on any atom is 0.395 e. The average Bonchev–Trinajstić information content (AvgIpc) is 3.40. The lowest BCUT2D eigenvalue weighted by atomic mass is 9.67. The second-order valence-electron chi connectivity index (χ2n) is 11.1. The number of halogens is 4. The van der Waals surface area contributed by atoms with E-state index in [2.05, 4.69) is 9.00 Å². The highest BCUT2D eigenvalue weighted by Gasteiger charge is 2.58. The fourth-order valence-electron chi connectivity index (χ4n) is 5.96. The first-order valence-corrected chi connectivity index (χ1v) is 16.0. The number of hydrogen-bond acceptors (Lipinski definition) is 6. The molecule has 1 aliphatic carbocycles. The van der Waals surface area contributed by atoms with Crippen LogP contribution < -0.4 is 5.73 Å². The smallest absolute Gasteiger partial charge is 0.395 e. The van der Waals surface area contributed by atoms with Crippen molar-refractivity contribution in [2.75, 3.05) is 32.8 Å². The van der Waals surface area contributed by atoms with Gasteiger partial charge in [-0.3, -0.25) is 9.69 Å². The summed E-state index contributed by atoms with van der Waals surface area (Å²) in [5, 5.41) is 10.8. The minimum Gasteiger partial charge on any atom is -0.477 e. The molecule has 1 amide bonds. The van der Waals surface area contributed by atoms with Crippen LogP contribution in [0.5, 0.6) is 0 Å².